The Bertz CT molecular complexity index is 1320. The van der Waals surface area contributed by atoms with Crippen molar-refractivity contribution in [2.75, 3.05) is 14.2 Å². The quantitative estimate of drug-likeness (QED) is 0.443. The van der Waals surface area contributed by atoms with Crippen molar-refractivity contribution in [3.05, 3.63) is 107 Å². The van der Waals surface area contributed by atoms with Gasteiger partial charge in [0.25, 0.3) is 0 Å². The van der Waals surface area contributed by atoms with Gasteiger partial charge in [-0.2, -0.15) is 0 Å². The zero-order valence-electron chi connectivity index (χ0n) is 17.8. The summed E-state index contributed by atoms with van der Waals surface area (Å²) >= 11 is 0. The second kappa shape index (κ2) is 9.98. The third kappa shape index (κ3) is 5.14. The summed E-state index contributed by atoms with van der Waals surface area (Å²) in [6, 6.07) is 23.2. The molecule has 2 aromatic carbocycles. The molecule has 0 fully saturated rings. The Kier molecular flexibility index (Phi) is 6.46. The van der Waals surface area contributed by atoms with Crippen LogP contribution in [-0.2, 0) is 0 Å². The lowest BCUT2D eigenvalue weighted by atomic mass is 10.1. The van der Waals surface area contributed by atoms with Crippen LogP contribution in [0.15, 0.2) is 85.2 Å². The molecule has 0 atom stereocenters. The van der Waals surface area contributed by atoms with E-state index in [9.17, 15) is 0 Å². The minimum absolute atomic E-state index is 0.649. The van der Waals surface area contributed by atoms with Crippen LogP contribution in [0.25, 0.3) is 11.4 Å². The highest BCUT2D eigenvalue weighted by Gasteiger charge is 2.03. The molecule has 0 aliphatic heterocycles. The van der Waals surface area contributed by atoms with Gasteiger partial charge in [-0.05, 0) is 54.6 Å². The van der Waals surface area contributed by atoms with Crippen LogP contribution in [0.5, 0.6) is 11.5 Å². The maximum atomic E-state index is 5.32. The minimum Gasteiger partial charge on any atom is -0.493 e. The third-order valence-corrected chi connectivity index (χ3v) is 4.65. The van der Waals surface area contributed by atoms with Gasteiger partial charge in [-0.25, -0.2) is 0 Å². The summed E-state index contributed by atoms with van der Waals surface area (Å²) in [6.07, 6.45) is 3.51. The first-order valence-corrected chi connectivity index (χ1v) is 9.99. The maximum Gasteiger partial charge on any atom is 0.161 e. The number of hydrogen-bond donors (Lipinski definition) is 0. The van der Waals surface area contributed by atoms with Crippen LogP contribution in [0.3, 0.4) is 0 Å². The van der Waals surface area contributed by atoms with Gasteiger partial charge in [-0.3, -0.25) is 9.97 Å². The molecule has 0 radical (unpaired) electrons. The first kappa shape index (κ1) is 20.7. The summed E-state index contributed by atoms with van der Waals surface area (Å²) in [5.74, 6) is 13.8. The first-order valence-electron chi connectivity index (χ1n) is 9.99. The van der Waals surface area contributed by atoms with Gasteiger partial charge in [0.15, 0.2) is 11.5 Å². The van der Waals surface area contributed by atoms with Crippen LogP contribution < -0.4 is 9.47 Å². The normalized spacial score (nSPS) is 9.69. The lowest BCUT2D eigenvalue weighted by molar-refractivity contribution is 0.355. The Morgan fingerprint density at radius 2 is 1.06 bits per heavy atom. The summed E-state index contributed by atoms with van der Waals surface area (Å²) in [4.78, 5) is 8.99. The van der Waals surface area contributed by atoms with Crippen molar-refractivity contribution >= 4 is 0 Å². The number of rotatable bonds is 3. The van der Waals surface area contributed by atoms with E-state index in [1.165, 1.54) is 0 Å². The second-order valence-electron chi connectivity index (χ2n) is 6.80. The topological polar surface area (TPSA) is 44.2 Å². The van der Waals surface area contributed by atoms with Crippen molar-refractivity contribution in [1.29, 1.82) is 0 Å². The summed E-state index contributed by atoms with van der Waals surface area (Å²) in [5.41, 5.74) is 5.05. The van der Waals surface area contributed by atoms with E-state index in [0.29, 0.717) is 11.5 Å². The molecule has 4 rings (SSSR count). The smallest absolute Gasteiger partial charge is 0.161 e. The summed E-state index contributed by atoms with van der Waals surface area (Å²) in [7, 11) is 3.21. The average Bonchev–Trinajstić information content (AvgIpc) is 2.87. The van der Waals surface area contributed by atoms with Crippen molar-refractivity contribution in [3.8, 4) is 46.6 Å². The van der Waals surface area contributed by atoms with Crippen LogP contribution in [0.4, 0.5) is 0 Å². The van der Waals surface area contributed by atoms with Gasteiger partial charge in [0.05, 0.1) is 25.6 Å². The molecule has 0 saturated heterocycles. The Morgan fingerprint density at radius 1 is 0.531 bits per heavy atom. The number of hydrogen-bond acceptors (Lipinski definition) is 4. The van der Waals surface area contributed by atoms with E-state index in [0.717, 1.165) is 33.6 Å². The van der Waals surface area contributed by atoms with E-state index in [2.05, 4.69) is 33.6 Å². The highest BCUT2D eigenvalue weighted by molar-refractivity contribution is 5.57. The first-order chi connectivity index (χ1) is 15.7. The molecule has 0 bridgehead atoms. The van der Waals surface area contributed by atoms with Crippen LogP contribution in [0, 0.1) is 23.7 Å². The average molecular weight is 416 g/mol. The van der Waals surface area contributed by atoms with Crippen molar-refractivity contribution < 1.29 is 9.47 Å². The Balaban J connectivity index is 1.46. The Labute approximate surface area is 187 Å². The Hall–Kier alpha value is -4.54. The van der Waals surface area contributed by atoms with Crippen molar-refractivity contribution in [2.24, 2.45) is 0 Å². The van der Waals surface area contributed by atoms with Gasteiger partial charge in [0.2, 0.25) is 0 Å². The standard InChI is InChI=1S/C28H20N2O2/c1-31-27-17-14-22(18-28(27)32-2)9-11-24-13-16-26(30-20-24)25-15-12-23(19-29-25)10-8-21-6-4-3-5-7-21/h3-7,12-20H,1-2H3. The van der Waals surface area contributed by atoms with E-state index in [-0.39, 0.29) is 0 Å². The molecule has 154 valence electrons. The van der Waals surface area contributed by atoms with Crippen LogP contribution >= 0.6 is 0 Å². The lowest BCUT2D eigenvalue weighted by Crippen LogP contribution is -1.91. The molecule has 0 aliphatic rings. The van der Waals surface area contributed by atoms with Crippen LogP contribution in [0.1, 0.15) is 22.3 Å². The van der Waals surface area contributed by atoms with Gasteiger partial charge in [-0.15, -0.1) is 0 Å². The second-order valence-corrected chi connectivity index (χ2v) is 6.80. The number of pyridine rings is 2. The number of nitrogens with zero attached hydrogens (tertiary/aromatic N) is 2. The lowest BCUT2D eigenvalue weighted by Gasteiger charge is -2.06. The minimum atomic E-state index is 0.649. The molecular formula is C28H20N2O2. The molecule has 0 aliphatic carbocycles. The molecule has 4 nitrogen and oxygen atoms in total. The van der Waals surface area contributed by atoms with Gasteiger partial charge < -0.3 is 9.47 Å². The fourth-order valence-electron chi connectivity index (χ4n) is 2.96. The fourth-order valence-corrected chi connectivity index (χ4v) is 2.96. The predicted molar refractivity (Wildman–Crippen MR) is 125 cm³/mol. The van der Waals surface area contributed by atoms with Gasteiger partial charge in [0, 0.05) is 34.6 Å². The van der Waals surface area contributed by atoms with E-state index in [1.807, 2.05) is 72.8 Å². The van der Waals surface area contributed by atoms with Crippen molar-refractivity contribution in [2.45, 2.75) is 0 Å². The zero-order valence-corrected chi connectivity index (χ0v) is 17.8. The van der Waals surface area contributed by atoms with Crippen molar-refractivity contribution in [3.63, 3.8) is 0 Å². The molecule has 2 heterocycles. The van der Waals surface area contributed by atoms with E-state index >= 15 is 0 Å². The van der Waals surface area contributed by atoms with Gasteiger partial charge in [-0.1, -0.05) is 41.9 Å². The number of methoxy groups -OCH3 is 2. The van der Waals surface area contributed by atoms with E-state index in [1.54, 1.807) is 26.6 Å². The number of benzene rings is 2. The molecule has 0 N–H and O–H groups in total. The summed E-state index contributed by atoms with van der Waals surface area (Å²) in [5, 5.41) is 0. The molecule has 4 aromatic rings. The Morgan fingerprint density at radius 3 is 1.59 bits per heavy atom. The monoisotopic (exact) mass is 416 g/mol. The van der Waals surface area contributed by atoms with Gasteiger partial charge in [0.1, 0.15) is 0 Å². The molecular weight excluding hydrogens is 396 g/mol. The molecule has 2 aromatic heterocycles. The van der Waals surface area contributed by atoms with Crippen LogP contribution in [-0.4, -0.2) is 24.2 Å². The fraction of sp³-hybridized carbons (Fsp3) is 0.0714. The highest BCUT2D eigenvalue weighted by Crippen LogP contribution is 2.27. The zero-order chi connectivity index (χ0) is 22.2. The van der Waals surface area contributed by atoms with Crippen LogP contribution in [0.2, 0.25) is 0 Å². The largest absolute Gasteiger partial charge is 0.493 e. The molecule has 0 unspecified atom stereocenters. The molecule has 0 saturated carbocycles. The van der Waals surface area contributed by atoms with Crippen molar-refractivity contribution in [1.82, 2.24) is 9.97 Å². The SMILES string of the molecule is COc1ccc(C#Cc2ccc(-c3ccc(C#Cc4ccccc4)cn3)nc2)cc1OC. The number of ether oxygens (including phenoxy) is 2. The van der Waals surface area contributed by atoms with E-state index < -0.39 is 0 Å². The summed E-state index contributed by atoms with van der Waals surface area (Å²) in [6.45, 7) is 0. The third-order valence-electron chi connectivity index (χ3n) is 4.65. The molecule has 0 amide bonds. The molecule has 32 heavy (non-hydrogen) atoms. The molecule has 4 heteroatoms. The van der Waals surface area contributed by atoms with Gasteiger partial charge >= 0.3 is 0 Å². The molecule has 0 spiro atoms. The maximum absolute atomic E-state index is 5.32. The highest BCUT2D eigenvalue weighted by atomic mass is 16.5. The number of aromatic nitrogens is 2. The predicted octanol–water partition coefficient (Wildman–Crippen LogP) is 4.96. The summed E-state index contributed by atoms with van der Waals surface area (Å²) < 4.78 is 10.6. The van der Waals surface area contributed by atoms with E-state index in [4.69, 9.17) is 9.47 Å².